The van der Waals surface area contributed by atoms with Gasteiger partial charge in [-0.1, -0.05) is 12.1 Å². The molecule has 0 heterocycles. The maximum atomic E-state index is 12.3. The first-order valence-electron chi connectivity index (χ1n) is 6.04. The van der Waals surface area contributed by atoms with Crippen LogP contribution in [0.5, 0.6) is 0 Å². The molecule has 0 bridgehead atoms. The number of hydrogen-bond acceptors (Lipinski definition) is 4. The van der Waals surface area contributed by atoms with Crippen molar-refractivity contribution in [2.75, 3.05) is 5.32 Å². The molecule has 0 unspecified atom stereocenters. The van der Waals surface area contributed by atoms with Crippen LogP contribution in [0.2, 0.25) is 0 Å². The molecule has 3 N–H and O–H groups in total. The van der Waals surface area contributed by atoms with Gasteiger partial charge in [0.25, 0.3) is 17.5 Å². The lowest BCUT2D eigenvalue weighted by Crippen LogP contribution is -2.18. The number of nitro benzene ring substituents is 1. The number of benzene rings is 2. The van der Waals surface area contributed by atoms with Crippen LogP contribution in [0, 0.1) is 13.7 Å². The van der Waals surface area contributed by atoms with Gasteiger partial charge in [0.2, 0.25) is 0 Å². The Morgan fingerprint density at radius 1 is 1.14 bits per heavy atom. The van der Waals surface area contributed by atoms with E-state index in [2.05, 4.69) is 5.32 Å². The first-order valence-corrected chi connectivity index (χ1v) is 7.12. The number of rotatable bonds is 4. The maximum Gasteiger partial charge on any atom is 0.270 e. The molecule has 22 heavy (non-hydrogen) atoms. The fourth-order valence-electron chi connectivity index (χ4n) is 1.80. The highest BCUT2D eigenvalue weighted by atomic mass is 127. The van der Waals surface area contributed by atoms with Crippen molar-refractivity contribution in [3.05, 3.63) is 67.3 Å². The molecule has 0 aromatic heterocycles. The zero-order valence-electron chi connectivity index (χ0n) is 11.1. The van der Waals surface area contributed by atoms with Crippen LogP contribution >= 0.6 is 22.6 Å². The Kier molecular flexibility index (Phi) is 4.71. The lowest BCUT2D eigenvalue weighted by Gasteiger charge is -2.09. The van der Waals surface area contributed by atoms with Gasteiger partial charge in [-0.3, -0.25) is 19.7 Å². The highest BCUT2D eigenvalue weighted by Crippen LogP contribution is 2.22. The molecule has 0 aliphatic carbocycles. The van der Waals surface area contributed by atoms with Crippen molar-refractivity contribution in [1.82, 2.24) is 0 Å². The van der Waals surface area contributed by atoms with Crippen molar-refractivity contribution in [3.8, 4) is 0 Å². The minimum absolute atomic E-state index is 0.0986. The Balaban J connectivity index is 2.31. The Morgan fingerprint density at radius 3 is 2.41 bits per heavy atom. The fourth-order valence-corrected chi connectivity index (χ4v) is 2.54. The Hall–Kier alpha value is -2.49. The topological polar surface area (TPSA) is 115 Å². The van der Waals surface area contributed by atoms with E-state index >= 15 is 0 Å². The van der Waals surface area contributed by atoms with Crippen LogP contribution in [0.3, 0.4) is 0 Å². The molecule has 8 heteroatoms. The van der Waals surface area contributed by atoms with Crippen LogP contribution in [0.25, 0.3) is 0 Å². The van der Waals surface area contributed by atoms with Crippen molar-refractivity contribution in [3.63, 3.8) is 0 Å². The van der Waals surface area contributed by atoms with Gasteiger partial charge in [-0.2, -0.15) is 0 Å². The molecule has 0 radical (unpaired) electrons. The summed E-state index contributed by atoms with van der Waals surface area (Å²) in [6, 6.07) is 10.2. The number of para-hydroxylation sites is 1. The third-order valence-electron chi connectivity index (χ3n) is 2.85. The lowest BCUT2D eigenvalue weighted by atomic mass is 10.1. The third kappa shape index (κ3) is 3.39. The predicted molar refractivity (Wildman–Crippen MR) is 88.7 cm³/mol. The molecular weight excluding hydrogens is 401 g/mol. The summed E-state index contributed by atoms with van der Waals surface area (Å²) < 4.78 is 0.431. The quantitative estimate of drug-likeness (QED) is 0.457. The van der Waals surface area contributed by atoms with Crippen LogP contribution < -0.4 is 11.1 Å². The normalized spacial score (nSPS) is 10.0. The second kappa shape index (κ2) is 6.52. The molecule has 112 valence electrons. The molecular formula is C14H10IN3O4. The zero-order chi connectivity index (χ0) is 16.3. The van der Waals surface area contributed by atoms with E-state index in [-0.39, 0.29) is 22.5 Å². The van der Waals surface area contributed by atoms with Crippen LogP contribution in [-0.2, 0) is 0 Å². The van der Waals surface area contributed by atoms with Crippen molar-refractivity contribution < 1.29 is 14.5 Å². The number of nitrogens with zero attached hydrogens (tertiary/aromatic N) is 1. The van der Waals surface area contributed by atoms with Gasteiger partial charge in [-0.05, 0) is 40.8 Å². The monoisotopic (exact) mass is 411 g/mol. The average Bonchev–Trinajstić information content (AvgIpc) is 2.47. The van der Waals surface area contributed by atoms with E-state index in [0.29, 0.717) is 3.57 Å². The molecule has 7 nitrogen and oxygen atoms in total. The van der Waals surface area contributed by atoms with E-state index in [0.717, 1.165) is 0 Å². The van der Waals surface area contributed by atoms with Crippen molar-refractivity contribution in [2.45, 2.75) is 0 Å². The van der Waals surface area contributed by atoms with Crippen molar-refractivity contribution in [1.29, 1.82) is 0 Å². The van der Waals surface area contributed by atoms with Gasteiger partial charge in [0.15, 0.2) is 0 Å². The van der Waals surface area contributed by atoms with Crippen LogP contribution in [0.1, 0.15) is 20.7 Å². The number of hydrogen-bond donors (Lipinski definition) is 2. The SMILES string of the molecule is NC(=O)c1ccccc1NC(=O)c1ccc([N+](=O)[O-])cc1I. The third-order valence-corrected chi connectivity index (χ3v) is 3.74. The average molecular weight is 411 g/mol. The number of halogens is 1. The number of nitro groups is 1. The molecule has 0 saturated carbocycles. The number of amides is 2. The van der Waals surface area contributed by atoms with E-state index in [4.69, 9.17) is 5.73 Å². The van der Waals surface area contributed by atoms with Crippen molar-refractivity contribution >= 4 is 45.8 Å². The summed E-state index contributed by atoms with van der Waals surface area (Å²) in [6.07, 6.45) is 0. The molecule has 2 amide bonds. The highest BCUT2D eigenvalue weighted by molar-refractivity contribution is 14.1. The number of nitrogens with one attached hydrogen (secondary N) is 1. The Labute approximate surface area is 138 Å². The molecule has 2 aromatic rings. The van der Waals surface area contributed by atoms with Gasteiger partial charge in [-0.15, -0.1) is 0 Å². The summed E-state index contributed by atoms with van der Waals surface area (Å²) in [5, 5.41) is 13.3. The minimum Gasteiger partial charge on any atom is -0.366 e. The molecule has 0 spiro atoms. The van der Waals surface area contributed by atoms with Gasteiger partial charge in [0, 0.05) is 15.7 Å². The van der Waals surface area contributed by atoms with E-state index in [9.17, 15) is 19.7 Å². The second-order valence-corrected chi connectivity index (χ2v) is 5.45. The van der Waals surface area contributed by atoms with Crippen LogP contribution in [0.4, 0.5) is 11.4 Å². The summed E-state index contributed by atoms with van der Waals surface area (Å²) in [4.78, 5) is 33.7. The molecule has 0 aliphatic heterocycles. The zero-order valence-corrected chi connectivity index (χ0v) is 13.2. The largest absolute Gasteiger partial charge is 0.366 e. The highest BCUT2D eigenvalue weighted by Gasteiger charge is 2.16. The predicted octanol–water partition coefficient (Wildman–Crippen LogP) is 2.55. The summed E-state index contributed by atoms with van der Waals surface area (Å²) in [6.45, 7) is 0. The first kappa shape index (κ1) is 15.9. The number of carbonyl (C=O) groups is 2. The summed E-state index contributed by atoms with van der Waals surface area (Å²) in [7, 11) is 0. The molecule has 2 aromatic carbocycles. The van der Waals surface area contributed by atoms with E-state index in [1.54, 1.807) is 18.2 Å². The maximum absolute atomic E-state index is 12.3. The summed E-state index contributed by atoms with van der Waals surface area (Å²) in [5.41, 5.74) is 5.89. The smallest absolute Gasteiger partial charge is 0.270 e. The fraction of sp³-hybridized carbons (Fsp3) is 0. The Bertz CT molecular complexity index is 776. The standard InChI is InChI=1S/C14H10IN3O4/c15-11-7-8(18(21)22)5-6-9(11)14(20)17-12-4-2-1-3-10(12)13(16)19/h1-7H,(H2,16,19)(H,17,20). The van der Waals surface area contributed by atoms with Crippen LogP contribution in [0.15, 0.2) is 42.5 Å². The number of carbonyl (C=O) groups excluding carboxylic acids is 2. The molecule has 2 rings (SSSR count). The molecule has 0 atom stereocenters. The molecule has 0 aliphatic rings. The number of non-ortho nitro benzene ring substituents is 1. The van der Waals surface area contributed by atoms with Gasteiger partial charge >= 0.3 is 0 Å². The van der Waals surface area contributed by atoms with Gasteiger partial charge in [0.1, 0.15) is 0 Å². The van der Waals surface area contributed by atoms with E-state index in [1.807, 2.05) is 22.6 Å². The van der Waals surface area contributed by atoms with Gasteiger partial charge in [0.05, 0.1) is 21.7 Å². The van der Waals surface area contributed by atoms with E-state index < -0.39 is 16.7 Å². The lowest BCUT2D eigenvalue weighted by molar-refractivity contribution is -0.384. The number of anilines is 1. The molecule has 0 saturated heterocycles. The van der Waals surface area contributed by atoms with Gasteiger partial charge < -0.3 is 11.1 Å². The number of nitrogens with two attached hydrogens (primary N) is 1. The van der Waals surface area contributed by atoms with Crippen LogP contribution in [-0.4, -0.2) is 16.7 Å². The molecule has 0 fully saturated rings. The minimum atomic E-state index is -0.658. The van der Waals surface area contributed by atoms with Crippen molar-refractivity contribution in [2.24, 2.45) is 5.73 Å². The number of primary amides is 1. The van der Waals surface area contributed by atoms with E-state index in [1.165, 1.54) is 24.3 Å². The summed E-state index contributed by atoms with van der Waals surface area (Å²) >= 11 is 1.84. The Morgan fingerprint density at radius 2 is 1.82 bits per heavy atom. The first-order chi connectivity index (χ1) is 10.4. The summed E-state index contributed by atoms with van der Waals surface area (Å²) in [5.74, 6) is -1.14. The van der Waals surface area contributed by atoms with Gasteiger partial charge in [-0.25, -0.2) is 0 Å². The second-order valence-electron chi connectivity index (χ2n) is 4.29.